The molecule has 0 aliphatic carbocycles. The van der Waals surface area contributed by atoms with Crippen molar-refractivity contribution in [3.63, 3.8) is 0 Å². The standard InChI is InChI=1S/C20H31N3O3/c1-15-5-4-10-23(12-15)14-18-8-6-17(7-9-18)11-21-20(26)22(3)13-16(2)19(24)25/h6-9,15-16H,4-5,10-14H2,1-3H3,(H,21,26)(H,24,25). The monoisotopic (exact) mass is 361 g/mol. The number of carboxylic acid groups (broad SMARTS) is 1. The van der Waals surface area contributed by atoms with Crippen LogP contribution in [0, 0.1) is 11.8 Å². The maximum absolute atomic E-state index is 12.1. The molecule has 0 spiro atoms. The lowest BCUT2D eigenvalue weighted by molar-refractivity contribution is -0.141. The Morgan fingerprint density at radius 1 is 1.31 bits per heavy atom. The normalized spacial score (nSPS) is 19.0. The quantitative estimate of drug-likeness (QED) is 0.783. The van der Waals surface area contributed by atoms with E-state index in [1.165, 1.54) is 36.4 Å². The van der Waals surface area contributed by atoms with E-state index in [0.717, 1.165) is 18.0 Å². The van der Waals surface area contributed by atoms with Crippen LogP contribution in [-0.4, -0.2) is 53.6 Å². The highest BCUT2D eigenvalue weighted by atomic mass is 16.4. The van der Waals surface area contributed by atoms with Crippen molar-refractivity contribution in [2.24, 2.45) is 11.8 Å². The van der Waals surface area contributed by atoms with Crippen molar-refractivity contribution >= 4 is 12.0 Å². The van der Waals surface area contributed by atoms with E-state index in [-0.39, 0.29) is 12.6 Å². The van der Waals surface area contributed by atoms with Crippen LogP contribution < -0.4 is 5.32 Å². The molecule has 6 nitrogen and oxygen atoms in total. The number of piperidine rings is 1. The number of aliphatic carboxylic acids is 1. The summed E-state index contributed by atoms with van der Waals surface area (Å²) in [5.74, 6) is -0.704. The molecule has 2 unspecified atom stereocenters. The second kappa shape index (κ2) is 9.57. The first-order chi connectivity index (χ1) is 12.3. The molecule has 2 atom stereocenters. The van der Waals surface area contributed by atoms with Crippen molar-refractivity contribution in [3.05, 3.63) is 35.4 Å². The summed E-state index contributed by atoms with van der Waals surface area (Å²) in [5, 5.41) is 11.8. The van der Waals surface area contributed by atoms with Crippen LogP contribution in [0.3, 0.4) is 0 Å². The molecule has 1 aromatic carbocycles. The molecule has 0 saturated carbocycles. The first kappa shape index (κ1) is 20.2. The summed E-state index contributed by atoms with van der Waals surface area (Å²) in [5.41, 5.74) is 2.33. The molecule has 2 N–H and O–H groups in total. The summed E-state index contributed by atoms with van der Waals surface area (Å²) >= 11 is 0. The lowest BCUT2D eigenvalue weighted by Gasteiger charge is -2.30. The van der Waals surface area contributed by atoms with Gasteiger partial charge in [-0.3, -0.25) is 9.69 Å². The third kappa shape index (κ3) is 6.33. The summed E-state index contributed by atoms with van der Waals surface area (Å²) in [6.45, 7) is 7.84. The van der Waals surface area contributed by atoms with Crippen LogP contribution in [-0.2, 0) is 17.9 Å². The van der Waals surface area contributed by atoms with Gasteiger partial charge in [0.1, 0.15) is 0 Å². The number of hydrogen-bond donors (Lipinski definition) is 2. The minimum Gasteiger partial charge on any atom is -0.481 e. The number of hydrogen-bond acceptors (Lipinski definition) is 3. The van der Waals surface area contributed by atoms with E-state index in [0.29, 0.717) is 6.54 Å². The van der Waals surface area contributed by atoms with Crippen LogP contribution in [0.4, 0.5) is 4.79 Å². The minimum absolute atomic E-state index is 0.189. The third-order valence-electron chi connectivity index (χ3n) is 4.93. The Hall–Kier alpha value is -2.08. The SMILES string of the molecule is CC1CCCN(Cc2ccc(CNC(=O)N(C)CC(C)C(=O)O)cc2)C1. The first-order valence-electron chi connectivity index (χ1n) is 9.37. The Bertz CT molecular complexity index is 603. The molecular formula is C20H31N3O3. The van der Waals surface area contributed by atoms with Gasteiger partial charge < -0.3 is 15.3 Å². The number of rotatable bonds is 7. The molecule has 0 aromatic heterocycles. The van der Waals surface area contributed by atoms with Gasteiger partial charge in [0, 0.05) is 33.2 Å². The molecule has 0 radical (unpaired) electrons. The van der Waals surface area contributed by atoms with Gasteiger partial charge in [-0.1, -0.05) is 38.1 Å². The Kier molecular flexibility index (Phi) is 7.45. The van der Waals surface area contributed by atoms with Crippen molar-refractivity contribution in [3.8, 4) is 0 Å². The largest absolute Gasteiger partial charge is 0.481 e. The molecule has 0 bridgehead atoms. The summed E-state index contributed by atoms with van der Waals surface area (Å²) in [4.78, 5) is 26.8. The molecule has 1 aromatic rings. The van der Waals surface area contributed by atoms with Crippen LogP contribution in [0.25, 0.3) is 0 Å². The van der Waals surface area contributed by atoms with Gasteiger partial charge >= 0.3 is 12.0 Å². The predicted molar refractivity (Wildman–Crippen MR) is 102 cm³/mol. The third-order valence-corrected chi connectivity index (χ3v) is 4.93. The fourth-order valence-corrected chi connectivity index (χ4v) is 3.34. The van der Waals surface area contributed by atoms with Crippen molar-refractivity contribution in [1.29, 1.82) is 0 Å². The van der Waals surface area contributed by atoms with Crippen LogP contribution in [0.15, 0.2) is 24.3 Å². The minimum atomic E-state index is -0.900. The second-order valence-corrected chi connectivity index (χ2v) is 7.58. The number of carboxylic acids is 1. The zero-order valence-corrected chi connectivity index (χ0v) is 16.1. The van der Waals surface area contributed by atoms with E-state index in [1.54, 1.807) is 14.0 Å². The van der Waals surface area contributed by atoms with E-state index < -0.39 is 11.9 Å². The molecule has 26 heavy (non-hydrogen) atoms. The van der Waals surface area contributed by atoms with Crippen molar-refractivity contribution in [2.45, 2.75) is 39.8 Å². The summed E-state index contributed by atoms with van der Waals surface area (Å²) < 4.78 is 0. The molecule has 144 valence electrons. The molecule has 1 aliphatic rings. The van der Waals surface area contributed by atoms with Crippen LogP contribution in [0.5, 0.6) is 0 Å². The fourth-order valence-electron chi connectivity index (χ4n) is 3.34. The number of amides is 2. The topological polar surface area (TPSA) is 72.9 Å². The van der Waals surface area contributed by atoms with E-state index in [1.807, 2.05) is 12.1 Å². The highest BCUT2D eigenvalue weighted by Gasteiger charge is 2.17. The number of likely N-dealkylation sites (tertiary alicyclic amines) is 1. The van der Waals surface area contributed by atoms with E-state index in [4.69, 9.17) is 5.11 Å². The van der Waals surface area contributed by atoms with Gasteiger partial charge in [-0.25, -0.2) is 4.79 Å². The predicted octanol–water partition coefficient (Wildman–Crippen LogP) is 2.78. The van der Waals surface area contributed by atoms with Gasteiger partial charge in [0.05, 0.1) is 5.92 Å². The summed E-state index contributed by atoms with van der Waals surface area (Å²) in [6, 6.07) is 8.07. The maximum atomic E-state index is 12.1. The molecule has 2 rings (SSSR count). The van der Waals surface area contributed by atoms with Crippen LogP contribution >= 0.6 is 0 Å². The van der Waals surface area contributed by atoms with Crippen molar-refractivity contribution in [2.75, 3.05) is 26.7 Å². The van der Waals surface area contributed by atoms with Gasteiger partial charge in [0.2, 0.25) is 0 Å². The average molecular weight is 361 g/mol. The van der Waals surface area contributed by atoms with Crippen LogP contribution in [0.1, 0.15) is 37.8 Å². The molecule has 1 fully saturated rings. The van der Waals surface area contributed by atoms with Crippen molar-refractivity contribution < 1.29 is 14.7 Å². The highest BCUT2D eigenvalue weighted by molar-refractivity contribution is 5.75. The van der Waals surface area contributed by atoms with E-state index in [2.05, 4.69) is 29.3 Å². The molecular weight excluding hydrogens is 330 g/mol. The molecule has 2 amide bonds. The number of nitrogens with one attached hydrogen (secondary N) is 1. The zero-order valence-electron chi connectivity index (χ0n) is 16.1. The van der Waals surface area contributed by atoms with Gasteiger partial charge in [-0.15, -0.1) is 0 Å². The first-order valence-corrected chi connectivity index (χ1v) is 9.37. The van der Waals surface area contributed by atoms with Gasteiger partial charge in [-0.05, 0) is 36.4 Å². The summed E-state index contributed by atoms with van der Waals surface area (Å²) in [6.07, 6.45) is 2.61. The summed E-state index contributed by atoms with van der Waals surface area (Å²) in [7, 11) is 1.61. The van der Waals surface area contributed by atoms with E-state index >= 15 is 0 Å². The van der Waals surface area contributed by atoms with E-state index in [9.17, 15) is 9.59 Å². The average Bonchev–Trinajstić information content (AvgIpc) is 2.60. The number of carbonyl (C=O) groups excluding carboxylic acids is 1. The lowest BCUT2D eigenvalue weighted by atomic mass is 9.99. The van der Waals surface area contributed by atoms with Crippen LogP contribution in [0.2, 0.25) is 0 Å². The number of urea groups is 1. The van der Waals surface area contributed by atoms with Gasteiger partial charge in [0.25, 0.3) is 0 Å². The van der Waals surface area contributed by atoms with Gasteiger partial charge in [0.15, 0.2) is 0 Å². The number of benzene rings is 1. The fraction of sp³-hybridized carbons (Fsp3) is 0.600. The van der Waals surface area contributed by atoms with Gasteiger partial charge in [-0.2, -0.15) is 0 Å². The Morgan fingerprint density at radius 3 is 2.58 bits per heavy atom. The zero-order chi connectivity index (χ0) is 19.1. The highest BCUT2D eigenvalue weighted by Crippen LogP contribution is 2.18. The maximum Gasteiger partial charge on any atom is 0.317 e. The molecule has 1 heterocycles. The Balaban J connectivity index is 1.78. The lowest BCUT2D eigenvalue weighted by Crippen LogP contribution is -2.40. The Morgan fingerprint density at radius 2 is 1.96 bits per heavy atom. The van der Waals surface area contributed by atoms with Crippen molar-refractivity contribution in [1.82, 2.24) is 15.1 Å². The Labute approximate surface area is 156 Å². The smallest absolute Gasteiger partial charge is 0.317 e. The second-order valence-electron chi connectivity index (χ2n) is 7.58. The molecule has 1 saturated heterocycles. The number of nitrogens with zero attached hydrogens (tertiary/aromatic N) is 2. The number of carbonyl (C=O) groups is 2. The molecule has 6 heteroatoms. The molecule has 1 aliphatic heterocycles.